The van der Waals surface area contributed by atoms with Crippen LogP contribution in [-0.2, 0) is 14.3 Å². The molecule has 1 N–H and O–H groups in total. The first-order valence-corrected chi connectivity index (χ1v) is 14.9. The van der Waals surface area contributed by atoms with Crippen LogP contribution in [-0.4, -0.2) is 102 Å². The van der Waals surface area contributed by atoms with Gasteiger partial charge in [-0.1, -0.05) is 19.3 Å². The van der Waals surface area contributed by atoms with E-state index < -0.39 is 0 Å². The lowest BCUT2D eigenvalue weighted by Crippen LogP contribution is -2.39. The number of hydrogen-bond donors (Lipinski definition) is 1. The van der Waals surface area contributed by atoms with Gasteiger partial charge in [-0.2, -0.15) is 0 Å². The number of hydrogen-bond acceptors (Lipinski definition) is 7. The highest BCUT2D eigenvalue weighted by molar-refractivity contribution is 5.95. The van der Waals surface area contributed by atoms with Gasteiger partial charge < -0.3 is 34.1 Å². The summed E-state index contributed by atoms with van der Waals surface area (Å²) >= 11 is 0. The van der Waals surface area contributed by atoms with Gasteiger partial charge in [0.15, 0.2) is 11.5 Å². The van der Waals surface area contributed by atoms with Gasteiger partial charge in [0.25, 0.3) is 5.91 Å². The van der Waals surface area contributed by atoms with Crippen molar-refractivity contribution in [3.63, 3.8) is 0 Å². The Kier molecular flexibility index (Phi) is 16.0. The third-order valence-electron chi connectivity index (χ3n) is 7.63. The highest BCUT2D eigenvalue weighted by Crippen LogP contribution is 2.29. The number of rotatable bonds is 13. The molecule has 0 spiro atoms. The molecule has 1 saturated carbocycles. The summed E-state index contributed by atoms with van der Waals surface area (Å²) in [6.07, 6.45) is 9.82. The van der Waals surface area contributed by atoms with Gasteiger partial charge in [0, 0.05) is 58.9 Å². The van der Waals surface area contributed by atoms with Gasteiger partial charge in [-0.15, -0.1) is 0 Å². The third kappa shape index (κ3) is 12.0. The summed E-state index contributed by atoms with van der Waals surface area (Å²) in [6, 6.07) is 5.38. The van der Waals surface area contributed by atoms with E-state index in [1.54, 1.807) is 44.4 Å². The summed E-state index contributed by atoms with van der Waals surface area (Å²) in [5, 5.41) is 3.30. The second kappa shape index (κ2) is 18.9. The van der Waals surface area contributed by atoms with Crippen molar-refractivity contribution in [2.24, 2.45) is 5.92 Å². The molecule has 3 rings (SSSR count). The standard InChI is InChI=1S/C16H25NO4.C15H28N2O2/c1-12(2)17(3)16(18)13-7-8-14(20-5)15(11-13)21-10-6-9-19-4;1-17(11-13-6-3-2-4-7-13)15(18)12-19-14-8-5-9-16-10-14/h7-8,11-12H,6,9-10H2,1-5H3;13-14,16H,2-12H2,1H3/t;14-/m.0/s1. The number of methoxy groups -OCH3 is 2. The van der Waals surface area contributed by atoms with Gasteiger partial charge in [-0.05, 0) is 70.2 Å². The van der Waals surface area contributed by atoms with Gasteiger partial charge in [-0.3, -0.25) is 9.59 Å². The van der Waals surface area contributed by atoms with Crippen LogP contribution in [0.3, 0.4) is 0 Å². The first kappa shape index (κ1) is 33.8. The van der Waals surface area contributed by atoms with Crippen LogP contribution in [0.4, 0.5) is 0 Å². The topological polar surface area (TPSA) is 89.6 Å². The lowest BCUT2D eigenvalue weighted by atomic mass is 9.89. The Morgan fingerprint density at radius 1 is 1.00 bits per heavy atom. The number of nitrogens with zero attached hydrogens (tertiary/aromatic N) is 2. The van der Waals surface area contributed by atoms with Crippen LogP contribution in [0.25, 0.3) is 0 Å². The maximum Gasteiger partial charge on any atom is 0.253 e. The van der Waals surface area contributed by atoms with Gasteiger partial charge in [-0.25, -0.2) is 0 Å². The number of ether oxygens (including phenoxy) is 4. The molecule has 1 atom stereocenters. The SMILES string of the molecule is CN(CC1CCCCC1)C(=O)CO[C@H]1CCCNC1.COCCCOc1cc(C(=O)N(C)C(C)C)ccc1OC. The van der Waals surface area contributed by atoms with Gasteiger partial charge in [0.2, 0.25) is 5.91 Å². The van der Waals surface area contributed by atoms with Crippen molar-refractivity contribution in [2.75, 3.05) is 67.8 Å². The average Bonchev–Trinajstić information content (AvgIpc) is 2.98. The summed E-state index contributed by atoms with van der Waals surface area (Å²) in [5.74, 6) is 2.01. The predicted molar refractivity (Wildman–Crippen MR) is 158 cm³/mol. The first-order chi connectivity index (χ1) is 19.3. The Labute approximate surface area is 241 Å². The van der Waals surface area contributed by atoms with E-state index in [0.717, 1.165) is 38.9 Å². The number of amides is 2. The van der Waals surface area contributed by atoms with Crippen LogP contribution in [0.2, 0.25) is 0 Å². The largest absolute Gasteiger partial charge is 0.493 e. The van der Waals surface area contributed by atoms with Crippen molar-refractivity contribution in [3.05, 3.63) is 23.8 Å². The fourth-order valence-corrected chi connectivity index (χ4v) is 4.87. The molecule has 9 nitrogen and oxygen atoms in total. The Morgan fingerprint density at radius 3 is 2.38 bits per heavy atom. The van der Waals surface area contributed by atoms with E-state index in [-0.39, 0.29) is 30.6 Å². The number of carbonyl (C=O) groups is 2. The van der Waals surface area contributed by atoms with E-state index in [1.165, 1.54) is 32.1 Å². The number of nitrogens with one attached hydrogen (secondary N) is 1. The van der Waals surface area contributed by atoms with Gasteiger partial charge in [0.05, 0.1) is 19.8 Å². The fraction of sp³-hybridized carbons (Fsp3) is 0.742. The molecule has 2 fully saturated rings. The minimum atomic E-state index is -0.0330. The van der Waals surface area contributed by atoms with Crippen LogP contribution in [0.15, 0.2) is 18.2 Å². The number of carbonyl (C=O) groups excluding carboxylic acids is 2. The van der Waals surface area contributed by atoms with Gasteiger partial charge >= 0.3 is 0 Å². The molecule has 1 aliphatic carbocycles. The minimum absolute atomic E-state index is 0.0330. The molecule has 0 bridgehead atoms. The Morgan fingerprint density at radius 2 is 1.75 bits per heavy atom. The summed E-state index contributed by atoms with van der Waals surface area (Å²) in [6.45, 7) is 8.22. The number of likely N-dealkylation sites (N-methyl/N-ethyl adjacent to an activating group) is 1. The van der Waals surface area contributed by atoms with E-state index in [4.69, 9.17) is 18.9 Å². The van der Waals surface area contributed by atoms with Crippen molar-refractivity contribution in [1.82, 2.24) is 15.1 Å². The lowest BCUT2D eigenvalue weighted by Gasteiger charge is -2.28. The second-order valence-electron chi connectivity index (χ2n) is 11.1. The van der Waals surface area contributed by atoms with Crippen molar-refractivity contribution >= 4 is 11.8 Å². The zero-order valence-corrected chi connectivity index (χ0v) is 25.7. The lowest BCUT2D eigenvalue weighted by molar-refractivity contribution is -0.137. The maximum atomic E-state index is 12.3. The van der Waals surface area contributed by atoms with Crippen molar-refractivity contribution < 1.29 is 28.5 Å². The second-order valence-corrected chi connectivity index (χ2v) is 11.1. The quantitative estimate of drug-likeness (QED) is 0.356. The number of piperidine rings is 1. The first-order valence-electron chi connectivity index (χ1n) is 14.9. The smallest absolute Gasteiger partial charge is 0.253 e. The van der Waals surface area contributed by atoms with Crippen LogP contribution in [0.1, 0.15) is 75.6 Å². The molecule has 2 amide bonds. The zero-order chi connectivity index (χ0) is 29.3. The molecule has 9 heteroatoms. The average molecular weight is 564 g/mol. The minimum Gasteiger partial charge on any atom is -0.493 e. The van der Waals surface area contributed by atoms with Crippen LogP contribution >= 0.6 is 0 Å². The van der Waals surface area contributed by atoms with Crippen LogP contribution in [0.5, 0.6) is 11.5 Å². The molecular weight excluding hydrogens is 510 g/mol. The maximum absolute atomic E-state index is 12.3. The summed E-state index contributed by atoms with van der Waals surface area (Å²) in [7, 11) is 6.94. The number of benzene rings is 1. The molecule has 1 aliphatic heterocycles. The molecule has 0 radical (unpaired) electrons. The molecular formula is C31H53N3O6. The molecule has 228 valence electrons. The van der Waals surface area contributed by atoms with Gasteiger partial charge in [0.1, 0.15) is 6.61 Å². The van der Waals surface area contributed by atoms with E-state index >= 15 is 0 Å². The van der Waals surface area contributed by atoms with E-state index in [1.807, 2.05) is 25.8 Å². The molecule has 1 saturated heterocycles. The molecule has 0 unspecified atom stereocenters. The van der Waals surface area contributed by atoms with E-state index in [0.29, 0.717) is 36.2 Å². The zero-order valence-electron chi connectivity index (χ0n) is 25.7. The highest BCUT2D eigenvalue weighted by Gasteiger charge is 2.20. The van der Waals surface area contributed by atoms with Crippen molar-refractivity contribution in [2.45, 2.75) is 77.4 Å². The van der Waals surface area contributed by atoms with Crippen LogP contribution < -0.4 is 14.8 Å². The molecule has 40 heavy (non-hydrogen) atoms. The van der Waals surface area contributed by atoms with E-state index in [9.17, 15) is 9.59 Å². The van der Waals surface area contributed by atoms with Crippen molar-refractivity contribution in [1.29, 1.82) is 0 Å². The third-order valence-corrected chi connectivity index (χ3v) is 7.63. The van der Waals surface area contributed by atoms with Crippen LogP contribution in [0, 0.1) is 5.92 Å². The fourth-order valence-electron chi connectivity index (χ4n) is 4.87. The van der Waals surface area contributed by atoms with Crippen molar-refractivity contribution in [3.8, 4) is 11.5 Å². The molecule has 1 aromatic rings. The molecule has 0 aromatic heterocycles. The normalized spacial score (nSPS) is 17.5. The Hall–Kier alpha value is -2.36. The highest BCUT2D eigenvalue weighted by atomic mass is 16.5. The molecule has 2 aliphatic rings. The Bertz CT molecular complexity index is 869. The monoisotopic (exact) mass is 563 g/mol. The summed E-state index contributed by atoms with van der Waals surface area (Å²) in [5.41, 5.74) is 0.591. The Balaban J connectivity index is 0.000000281. The molecule has 1 heterocycles. The van der Waals surface area contributed by atoms with E-state index in [2.05, 4.69) is 5.32 Å². The molecule has 1 aromatic carbocycles. The summed E-state index contributed by atoms with van der Waals surface area (Å²) in [4.78, 5) is 27.9. The predicted octanol–water partition coefficient (Wildman–Crippen LogP) is 4.38. The summed E-state index contributed by atoms with van der Waals surface area (Å²) < 4.78 is 21.6.